The maximum atomic E-state index is 11.8. The van der Waals surface area contributed by atoms with Crippen LogP contribution in [0.15, 0.2) is 67.3 Å². The minimum atomic E-state index is -0.444. The highest BCUT2D eigenvalue weighted by atomic mass is 16.5. The lowest BCUT2D eigenvalue weighted by Gasteiger charge is -2.07. The molecule has 2 aromatic carbocycles. The van der Waals surface area contributed by atoms with Gasteiger partial charge in [-0.25, -0.2) is 9.59 Å². The third kappa shape index (κ3) is 4.37. The van der Waals surface area contributed by atoms with Crippen molar-refractivity contribution in [3.63, 3.8) is 0 Å². The predicted octanol–water partition coefficient (Wildman–Crippen LogP) is 5.26. The summed E-state index contributed by atoms with van der Waals surface area (Å²) in [4.78, 5) is 23.2. The molecule has 1 aliphatic rings. The normalized spacial score (nSPS) is 11.4. The Morgan fingerprint density at radius 1 is 0.862 bits per heavy atom. The van der Waals surface area contributed by atoms with Crippen molar-refractivity contribution < 1.29 is 19.1 Å². The van der Waals surface area contributed by atoms with Gasteiger partial charge in [-0.15, -0.1) is 0 Å². The summed E-state index contributed by atoms with van der Waals surface area (Å²) >= 11 is 0. The van der Waals surface area contributed by atoms with Crippen LogP contribution in [0.4, 0.5) is 0 Å². The summed E-state index contributed by atoms with van der Waals surface area (Å²) in [6.45, 7) is 15.0. The Morgan fingerprint density at radius 2 is 1.48 bits per heavy atom. The lowest BCUT2D eigenvalue weighted by molar-refractivity contribution is -0.139. The first-order valence-corrected chi connectivity index (χ1v) is 9.45. The number of benzene rings is 2. The van der Waals surface area contributed by atoms with Crippen LogP contribution < -0.4 is 4.74 Å². The molecule has 0 bridgehead atoms. The number of fused-ring (bicyclic) bond motifs is 3. The third-order valence-corrected chi connectivity index (χ3v) is 4.77. The van der Waals surface area contributed by atoms with Crippen LogP contribution in [0.25, 0.3) is 16.7 Å². The Kier molecular flexibility index (Phi) is 5.83. The maximum absolute atomic E-state index is 11.8. The molecule has 1 aliphatic carbocycles. The molecule has 0 N–H and O–H groups in total. The van der Waals surface area contributed by atoms with Crippen molar-refractivity contribution in [2.45, 2.75) is 26.7 Å². The molecule has 4 heteroatoms. The molecule has 0 aliphatic heterocycles. The molecule has 3 rings (SSSR count). The molecular formula is C25H24O4. The first-order valence-electron chi connectivity index (χ1n) is 9.45. The van der Waals surface area contributed by atoms with E-state index in [4.69, 9.17) is 9.47 Å². The van der Waals surface area contributed by atoms with Gasteiger partial charge in [0.1, 0.15) is 5.75 Å². The van der Waals surface area contributed by atoms with Gasteiger partial charge in [0.25, 0.3) is 0 Å². The van der Waals surface area contributed by atoms with Crippen molar-refractivity contribution in [2.75, 3.05) is 6.61 Å². The van der Waals surface area contributed by atoms with Crippen LogP contribution in [0.1, 0.15) is 37.0 Å². The third-order valence-electron chi connectivity index (χ3n) is 4.77. The number of hydrogen-bond acceptors (Lipinski definition) is 4. The van der Waals surface area contributed by atoms with Crippen LogP contribution in [0.3, 0.4) is 0 Å². The van der Waals surface area contributed by atoms with Crippen LogP contribution in [0, 0.1) is 0 Å². The molecule has 0 spiro atoms. The molecule has 0 amide bonds. The fourth-order valence-electron chi connectivity index (χ4n) is 3.21. The van der Waals surface area contributed by atoms with E-state index in [1.807, 2.05) is 12.1 Å². The summed E-state index contributed by atoms with van der Waals surface area (Å²) in [6, 6.07) is 11.9. The molecule has 4 nitrogen and oxygen atoms in total. The van der Waals surface area contributed by atoms with Gasteiger partial charge in [-0.05, 0) is 72.2 Å². The van der Waals surface area contributed by atoms with Crippen LogP contribution in [0.5, 0.6) is 5.75 Å². The summed E-state index contributed by atoms with van der Waals surface area (Å²) in [6.07, 6.45) is 1.53. The Hall–Kier alpha value is -3.40. The fraction of sp³-hybridized carbons (Fsp3) is 0.200. The second-order valence-corrected chi connectivity index (χ2v) is 7.26. The van der Waals surface area contributed by atoms with Crippen molar-refractivity contribution in [1.82, 2.24) is 0 Å². The van der Waals surface area contributed by atoms with Crippen molar-refractivity contribution in [3.8, 4) is 16.9 Å². The minimum Gasteiger partial charge on any atom is -0.462 e. The molecule has 0 aromatic heterocycles. The van der Waals surface area contributed by atoms with Gasteiger partial charge >= 0.3 is 11.9 Å². The van der Waals surface area contributed by atoms with E-state index >= 15 is 0 Å². The smallest absolute Gasteiger partial charge is 0.338 e. The number of aryl methyl sites for hydroxylation is 1. The molecule has 0 saturated heterocycles. The van der Waals surface area contributed by atoms with Gasteiger partial charge in [0.2, 0.25) is 0 Å². The van der Waals surface area contributed by atoms with Gasteiger partial charge < -0.3 is 9.47 Å². The molecule has 148 valence electrons. The van der Waals surface area contributed by atoms with Crippen LogP contribution >= 0.6 is 0 Å². The highest BCUT2D eigenvalue weighted by molar-refractivity contribution is 6.01. The topological polar surface area (TPSA) is 52.6 Å². The Balaban J connectivity index is 1.72. The molecular weight excluding hydrogens is 364 g/mol. The SMILES string of the molecule is C=C(C)C(=O)OCCCc1ccc2c(c1)C(=C)c1cc(OC(=O)C(=C)C)ccc1-2. The van der Waals surface area contributed by atoms with Crippen molar-refractivity contribution in [1.29, 1.82) is 0 Å². The van der Waals surface area contributed by atoms with E-state index in [0.717, 1.165) is 46.2 Å². The summed E-state index contributed by atoms with van der Waals surface area (Å²) in [5.41, 5.74) is 7.02. The van der Waals surface area contributed by atoms with E-state index in [2.05, 4.69) is 37.9 Å². The highest BCUT2D eigenvalue weighted by Gasteiger charge is 2.23. The van der Waals surface area contributed by atoms with E-state index in [1.54, 1.807) is 19.9 Å². The van der Waals surface area contributed by atoms with Crippen LogP contribution in [-0.2, 0) is 20.7 Å². The van der Waals surface area contributed by atoms with Crippen LogP contribution in [-0.4, -0.2) is 18.5 Å². The zero-order valence-corrected chi connectivity index (χ0v) is 16.8. The monoisotopic (exact) mass is 388 g/mol. The number of ether oxygens (including phenoxy) is 2. The zero-order valence-electron chi connectivity index (χ0n) is 16.8. The molecule has 0 saturated carbocycles. The van der Waals surface area contributed by atoms with Gasteiger partial charge in [0, 0.05) is 11.1 Å². The van der Waals surface area contributed by atoms with E-state index in [0.29, 0.717) is 23.5 Å². The summed E-state index contributed by atoms with van der Waals surface area (Å²) in [5, 5.41) is 0. The van der Waals surface area contributed by atoms with E-state index < -0.39 is 5.97 Å². The summed E-state index contributed by atoms with van der Waals surface area (Å²) in [5.74, 6) is -0.322. The van der Waals surface area contributed by atoms with E-state index in [-0.39, 0.29) is 5.97 Å². The Morgan fingerprint density at radius 3 is 2.14 bits per heavy atom. The minimum absolute atomic E-state index is 0.353. The predicted molar refractivity (Wildman–Crippen MR) is 115 cm³/mol. The molecule has 0 fully saturated rings. The second kappa shape index (κ2) is 8.31. The Labute approximate surface area is 171 Å². The highest BCUT2D eigenvalue weighted by Crippen LogP contribution is 2.45. The molecule has 0 atom stereocenters. The van der Waals surface area contributed by atoms with Crippen LogP contribution in [0.2, 0.25) is 0 Å². The lowest BCUT2D eigenvalue weighted by Crippen LogP contribution is -2.08. The zero-order chi connectivity index (χ0) is 21.1. The van der Waals surface area contributed by atoms with Crippen molar-refractivity contribution in [3.05, 3.63) is 84.0 Å². The molecule has 0 unspecified atom stereocenters. The number of esters is 2. The molecule has 29 heavy (non-hydrogen) atoms. The number of carbonyl (C=O) groups is 2. The fourth-order valence-corrected chi connectivity index (χ4v) is 3.21. The number of rotatable bonds is 7. The quantitative estimate of drug-likeness (QED) is 0.240. The summed E-state index contributed by atoms with van der Waals surface area (Å²) < 4.78 is 10.5. The van der Waals surface area contributed by atoms with Gasteiger partial charge in [-0.1, -0.05) is 44.0 Å². The second-order valence-electron chi connectivity index (χ2n) is 7.26. The van der Waals surface area contributed by atoms with Gasteiger partial charge in [0.15, 0.2) is 0 Å². The maximum Gasteiger partial charge on any atom is 0.338 e. The molecule has 2 aromatic rings. The van der Waals surface area contributed by atoms with Crippen molar-refractivity contribution >= 4 is 17.5 Å². The average Bonchev–Trinajstić information content (AvgIpc) is 2.96. The van der Waals surface area contributed by atoms with E-state index in [9.17, 15) is 9.59 Å². The first kappa shape index (κ1) is 20.3. The number of carbonyl (C=O) groups excluding carboxylic acids is 2. The number of hydrogen-bond donors (Lipinski definition) is 0. The molecule has 0 radical (unpaired) electrons. The molecule has 0 heterocycles. The summed E-state index contributed by atoms with van der Waals surface area (Å²) in [7, 11) is 0. The lowest BCUT2D eigenvalue weighted by atomic mass is 10.0. The van der Waals surface area contributed by atoms with Gasteiger partial charge in [-0.2, -0.15) is 0 Å². The van der Waals surface area contributed by atoms with Gasteiger partial charge in [-0.3, -0.25) is 0 Å². The first-order chi connectivity index (χ1) is 13.8. The standard InChI is InChI=1S/C25H24O4/c1-15(2)24(26)28-12-6-7-18-8-10-20-21-11-9-19(29-25(27)16(3)4)14-23(21)17(5)22(20)13-18/h8-11,13-14H,1,3,5-7,12H2,2,4H3. The average molecular weight is 388 g/mol. The Bertz CT molecular complexity index is 1040. The van der Waals surface area contributed by atoms with E-state index in [1.165, 1.54) is 0 Å². The van der Waals surface area contributed by atoms with Gasteiger partial charge in [0.05, 0.1) is 6.61 Å². The van der Waals surface area contributed by atoms with Crippen molar-refractivity contribution in [2.24, 2.45) is 0 Å². The largest absolute Gasteiger partial charge is 0.462 e.